The van der Waals surface area contributed by atoms with Crippen molar-refractivity contribution < 1.29 is 32.2 Å². The highest BCUT2D eigenvalue weighted by Gasteiger charge is 2.40. The molecule has 0 fully saturated rings. The fourth-order valence-corrected chi connectivity index (χ4v) is 2.50. The molecule has 32 heavy (non-hydrogen) atoms. The number of carbonyl (C=O) groups excluding carboxylic acids is 2. The zero-order valence-electron chi connectivity index (χ0n) is 18.5. The summed E-state index contributed by atoms with van der Waals surface area (Å²) in [6, 6.07) is 1.21. The van der Waals surface area contributed by atoms with Gasteiger partial charge in [-0.1, -0.05) is 0 Å². The zero-order valence-corrected chi connectivity index (χ0v) is 19.3. The molecule has 0 radical (unpaired) electrons. The molecule has 176 valence electrons. The summed E-state index contributed by atoms with van der Waals surface area (Å²) in [5, 5.41) is 3.43. The molecular formula is C19H23ClF3N5O4. The summed E-state index contributed by atoms with van der Waals surface area (Å²) in [7, 11) is 0. The van der Waals surface area contributed by atoms with Crippen LogP contribution >= 0.6 is 11.6 Å². The minimum Gasteiger partial charge on any atom is -0.443 e. The summed E-state index contributed by atoms with van der Waals surface area (Å²) >= 11 is 5.73. The molecule has 2 rings (SSSR count). The van der Waals surface area contributed by atoms with Gasteiger partial charge in [0.25, 0.3) is 0 Å². The summed E-state index contributed by atoms with van der Waals surface area (Å²) in [5.41, 5.74) is -3.08. The zero-order chi connectivity index (χ0) is 24.6. The lowest BCUT2D eigenvalue weighted by molar-refractivity contribution is -0.137. The predicted molar refractivity (Wildman–Crippen MR) is 109 cm³/mol. The van der Waals surface area contributed by atoms with E-state index < -0.39 is 46.2 Å². The Balaban J connectivity index is 2.69. The highest BCUT2D eigenvalue weighted by molar-refractivity contribution is 6.28. The summed E-state index contributed by atoms with van der Waals surface area (Å²) in [5.74, 6) is -1.26. The Morgan fingerprint density at radius 2 is 1.62 bits per heavy atom. The van der Waals surface area contributed by atoms with Crippen molar-refractivity contribution >= 4 is 35.4 Å². The maximum Gasteiger partial charge on any atom is 0.435 e. The number of hydrogen-bond acceptors (Lipinski definition) is 7. The first kappa shape index (κ1) is 25.4. The van der Waals surface area contributed by atoms with Crippen LogP contribution < -0.4 is 4.90 Å². The van der Waals surface area contributed by atoms with E-state index in [-0.39, 0.29) is 11.5 Å². The van der Waals surface area contributed by atoms with E-state index in [9.17, 15) is 22.8 Å². The Morgan fingerprint density at radius 3 is 2.12 bits per heavy atom. The predicted octanol–water partition coefficient (Wildman–Crippen LogP) is 5.51. The van der Waals surface area contributed by atoms with Gasteiger partial charge in [-0.3, -0.25) is 0 Å². The van der Waals surface area contributed by atoms with Gasteiger partial charge < -0.3 is 9.47 Å². The van der Waals surface area contributed by atoms with Gasteiger partial charge in [0.2, 0.25) is 5.28 Å². The first-order chi connectivity index (χ1) is 14.4. The first-order valence-corrected chi connectivity index (χ1v) is 9.70. The highest BCUT2D eigenvalue weighted by atomic mass is 35.5. The van der Waals surface area contributed by atoms with Gasteiger partial charge in [-0.2, -0.15) is 22.8 Å². The average molecular weight is 478 g/mol. The first-order valence-electron chi connectivity index (χ1n) is 9.32. The lowest BCUT2D eigenvalue weighted by atomic mass is 10.2. The van der Waals surface area contributed by atoms with Crippen molar-refractivity contribution in [2.45, 2.75) is 65.8 Å². The molecule has 0 aromatic carbocycles. The van der Waals surface area contributed by atoms with Crippen LogP contribution in [0.2, 0.25) is 5.28 Å². The molecular weight excluding hydrogens is 455 g/mol. The van der Waals surface area contributed by atoms with E-state index in [1.54, 1.807) is 20.8 Å². The molecule has 1 amide bonds. The van der Waals surface area contributed by atoms with E-state index in [0.29, 0.717) is 11.1 Å². The number of carbonyl (C=O) groups is 2. The number of rotatable bonds is 2. The summed E-state index contributed by atoms with van der Waals surface area (Å²) in [4.78, 5) is 32.8. The Labute approximate surface area is 187 Å². The van der Waals surface area contributed by atoms with Crippen LogP contribution in [-0.2, 0) is 15.7 Å². The van der Waals surface area contributed by atoms with E-state index in [1.807, 2.05) is 0 Å². The maximum absolute atomic E-state index is 13.7. The van der Waals surface area contributed by atoms with E-state index in [0.717, 1.165) is 4.68 Å². The third-order valence-electron chi connectivity index (χ3n) is 3.50. The molecule has 0 unspecified atom stereocenters. The maximum atomic E-state index is 13.7. The minimum absolute atomic E-state index is 0.191. The van der Waals surface area contributed by atoms with Crippen LogP contribution in [0, 0.1) is 6.92 Å². The number of aromatic nitrogens is 4. The molecule has 0 saturated carbocycles. The largest absolute Gasteiger partial charge is 0.443 e. The smallest absolute Gasteiger partial charge is 0.435 e. The lowest BCUT2D eigenvalue weighted by Gasteiger charge is -2.26. The van der Waals surface area contributed by atoms with Crippen LogP contribution in [0.5, 0.6) is 0 Å². The summed E-state index contributed by atoms with van der Waals surface area (Å²) in [6.45, 7) is 11.0. The van der Waals surface area contributed by atoms with Crippen molar-refractivity contribution in [3.63, 3.8) is 0 Å². The van der Waals surface area contributed by atoms with Crippen molar-refractivity contribution in [2.75, 3.05) is 4.90 Å². The van der Waals surface area contributed by atoms with Gasteiger partial charge in [-0.05, 0) is 60.1 Å². The van der Waals surface area contributed by atoms with Crippen LogP contribution in [0.25, 0.3) is 0 Å². The number of aryl methyl sites for hydroxylation is 1. The standard InChI is InChI=1S/C19H23ClF3N5O4/c1-10-8-12(26-28(10)16(30)32-18(5,6)7)27(15(29)31-17(2,3)4)13-11(19(21,22)23)9-24-14(20)25-13/h8-9H,1-7H3. The molecule has 0 aliphatic carbocycles. The molecule has 0 atom stereocenters. The average Bonchev–Trinajstić information content (AvgIpc) is 2.92. The quantitative estimate of drug-likeness (QED) is 0.526. The van der Waals surface area contributed by atoms with E-state index in [4.69, 9.17) is 21.1 Å². The number of nitrogens with zero attached hydrogens (tertiary/aromatic N) is 5. The number of ether oxygens (including phenoxy) is 2. The van der Waals surface area contributed by atoms with E-state index in [1.165, 1.54) is 33.8 Å². The van der Waals surface area contributed by atoms with E-state index >= 15 is 0 Å². The second kappa shape index (κ2) is 8.57. The van der Waals surface area contributed by atoms with Gasteiger partial charge in [-0.25, -0.2) is 19.5 Å². The van der Waals surface area contributed by atoms with Gasteiger partial charge in [0.15, 0.2) is 11.6 Å². The monoisotopic (exact) mass is 477 g/mol. The lowest BCUT2D eigenvalue weighted by Crippen LogP contribution is -2.36. The third kappa shape index (κ3) is 6.31. The molecule has 9 nitrogen and oxygen atoms in total. The molecule has 0 saturated heterocycles. The fraction of sp³-hybridized carbons (Fsp3) is 0.526. The van der Waals surface area contributed by atoms with Gasteiger partial charge in [0.1, 0.15) is 16.8 Å². The van der Waals surface area contributed by atoms with Crippen LogP contribution in [0.15, 0.2) is 12.3 Å². The fourth-order valence-electron chi connectivity index (χ4n) is 2.38. The van der Waals surface area contributed by atoms with Crippen molar-refractivity contribution in [1.82, 2.24) is 19.7 Å². The topological polar surface area (TPSA) is 99.4 Å². The van der Waals surface area contributed by atoms with Gasteiger partial charge in [-0.15, -0.1) is 5.10 Å². The summed E-state index contributed by atoms with van der Waals surface area (Å²) < 4.78 is 52.3. The van der Waals surface area contributed by atoms with Crippen molar-refractivity contribution in [2.24, 2.45) is 0 Å². The Hall–Kier alpha value is -2.89. The normalized spacial score (nSPS) is 12.5. The second-order valence-corrected chi connectivity index (χ2v) is 9.06. The molecule has 0 aliphatic heterocycles. The van der Waals surface area contributed by atoms with Crippen LogP contribution in [0.1, 0.15) is 52.8 Å². The second-order valence-electron chi connectivity index (χ2n) is 8.73. The number of anilines is 2. The van der Waals surface area contributed by atoms with Gasteiger partial charge in [0, 0.05) is 12.3 Å². The third-order valence-corrected chi connectivity index (χ3v) is 3.68. The molecule has 0 bridgehead atoms. The molecule has 2 aromatic rings. The van der Waals surface area contributed by atoms with Gasteiger partial charge >= 0.3 is 18.4 Å². The van der Waals surface area contributed by atoms with Crippen LogP contribution in [0.3, 0.4) is 0 Å². The van der Waals surface area contributed by atoms with Crippen molar-refractivity contribution in [3.05, 3.63) is 28.8 Å². The molecule has 2 heterocycles. The van der Waals surface area contributed by atoms with Crippen LogP contribution in [-0.4, -0.2) is 43.1 Å². The van der Waals surface area contributed by atoms with Gasteiger partial charge in [0.05, 0.1) is 5.69 Å². The Kier molecular flexibility index (Phi) is 6.79. The molecule has 0 aliphatic rings. The Morgan fingerprint density at radius 1 is 1.06 bits per heavy atom. The number of halogens is 4. The molecule has 0 spiro atoms. The number of alkyl halides is 3. The SMILES string of the molecule is Cc1cc(N(C(=O)OC(C)(C)C)c2nc(Cl)ncc2C(F)(F)F)nn1C(=O)OC(C)(C)C. The van der Waals surface area contributed by atoms with Crippen molar-refractivity contribution in [1.29, 1.82) is 0 Å². The molecule has 2 aromatic heterocycles. The minimum atomic E-state index is -4.93. The number of hydrogen-bond donors (Lipinski definition) is 0. The van der Waals surface area contributed by atoms with Crippen molar-refractivity contribution in [3.8, 4) is 0 Å². The van der Waals surface area contributed by atoms with E-state index in [2.05, 4.69) is 15.1 Å². The molecule has 13 heteroatoms. The number of amides is 1. The highest BCUT2D eigenvalue weighted by Crippen LogP contribution is 2.38. The summed E-state index contributed by atoms with van der Waals surface area (Å²) in [6.07, 6.45) is -6.59. The Bertz CT molecular complexity index is 1030. The molecule has 0 N–H and O–H groups in total. The van der Waals surface area contributed by atoms with Crippen LogP contribution in [0.4, 0.5) is 34.4 Å².